The number of phenolic OH excluding ortho intramolecular Hbond substituents is 1. The molecule has 0 spiro atoms. The van der Waals surface area contributed by atoms with Gasteiger partial charge in [0.15, 0.2) is 5.82 Å². The Labute approximate surface area is 395 Å². The summed E-state index contributed by atoms with van der Waals surface area (Å²) in [6.07, 6.45) is 9.13. The quantitative estimate of drug-likeness (QED) is 0.0975. The first-order chi connectivity index (χ1) is 32.2. The van der Waals surface area contributed by atoms with Gasteiger partial charge in [0.1, 0.15) is 17.8 Å². The van der Waals surface area contributed by atoms with Crippen LogP contribution in [-0.2, 0) is 20.9 Å². The van der Waals surface area contributed by atoms with E-state index in [1.54, 1.807) is 23.5 Å². The first-order valence-electron chi connectivity index (χ1n) is 23.5. The van der Waals surface area contributed by atoms with E-state index in [9.17, 15) is 24.6 Å². The first-order valence-corrected chi connectivity index (χ1v) is 24.4. The van der Waals surface area contributed by atoms with E-state index in [-0.39, 0.29) is 61.0 Å². The molecule has 1 saturated carbocycles. The number of para-hydroxylation sites is 1. The molecule has 352 valence electrons. The monoisotopic (exact) mass is 927 g/mol. The van der Waals surface area contributed by atoms with Crippen LogP contribution in [0.2, 0.25) is 0 Å². The molecule has 3 saturated heterocycles. The molecule has 3 aromatic heterocycles. The van der Waals surface area contributed by atoms with E-state index in [4.69, 9.17) is 15.7 Å². The lowest BCUT2D eigenvalue weighted by Crippen LogP contribution is -2.57. The molecule has 3 aliphatic heterocycles. The number of nitrogens with two attached hydrogens (primary N) is 1. The standard InChI is InChI=1S/C50H61N11O5S/c1-29-44(67-28-55-29)33-15-11-31(12-16-33)22-52-47(65)41-20-37(62)27-60(41)48(66)45(50(2,3)4)56-43(64)19-30-9-13-32(14-10-30)34-23-53-49(54-24-34)61-35-17-18-36(61)26-59(25-35)40-21-39(57-58-46(40)51)38-7-5-6-8-42(38)63/h5-8,11-12,15-16,21,23-24,28,30,32,35-37,41,45,62-63H,9-10,13-14,17-20,22,25-27H2,1-4H3,(H2,51,58)(H,52,65)(H,56,64)/t30-,32-,35?,36?,37-,41+,45-/m1/s1. The van der Waals surface area contributed by atoms with Gasteiger partial charge in [0.05, 0.1) is 33.6 Å². The fourth-order valence-electron chi connectivity index (χ4n) is 10.5. The van der Waals surface area contributed by atoms with Gasteiger partial charge in [0, 0.05) is 69.1 Å². The third-order valence-corrected chi connectivity index (χ3v) is 15.2. The number of nitrogens with zero attached hydrogens (tertiary/aromatic N) is 8. The Morgan fingerprint density at radius 3 is 2.27 bits per heavy atom. The smallest absolute Gasteiger partial charge is 0.246 e. The fourth-order valence-corrected chi connectivity index (χ4v) is 11.3. The number of amides is 3. The predicted octanol–water partition coefficient (Wildman–Crippen LogP) is 5.98. The number of phenols is 1. The van der Waals surface area contributed by atoms with Crippen molar-refractivity contribution in [2.24, 2.45) is 11.3 Å². The minimum atomic E-state index is -0.873. The molecule has 9 rings (SSSR count). The summed E-state index contributed by atoms with van der Waals surface area (Å²) in [6.45, 7) is 9.49. The highest BCUT2D eigenvalue weighted by Crippen LogP contribution is 2.40. The number of thiazole rings is 1. The van der Waals surface area contributed by atoms with Gasteiger partial charge in [-0.2, -0.15) is 0 Å². The fraction of sp³-hybridized carbons (Fsp3) is 0.480. The molecule has 17 heteroatoms. The number of carbonyl (C=O) groups excluding carboxylic acids is 3. The second-order valence-electron chi connectivity index (χ2n) is 19.9. The molecule has 2 aromatic carbocycles. The van der Waals surface area contributed by atoms with Crippen molar-refractivity contribution in [1.82, 2.24) is 40.7 Å². The zero-order valence-electron chi connectivity index (χ0n) is 38.6. The Balaban J connectivity index is 0.760. The molecule has 5 aromatic rings. The number of aromatic hydroxyl groups is 1. The zero-order valence-corrected chi connectivity index (χ0v) is 39.5. The summed E-state index contributed by atoms with van der Waals surface area (Å²) in [7, 11) is 0. The van der Waals surface area contributed by atoms with Crippen LogP contribution >= 0.6 is 11.3 Å². The average Bonchev–Trinajstić information content (AvgIpc) is 4.01. The summed E-state index contributed by atoms with van der Waals surface area (Å²) >= 11 is 1.59. The minimum absolute atomic E-state index is 0.0260. The van der Waals surface area contributed by atoms with Crippen molar-refractivity contribution < 1.29 is 24.6 Å². The van der Waals surface area contributed by atoms with Crippen molar-refractivity contribution in [3.05, 3.63) is 89.3 Å². The van der Waals surface area contributed by atoms with Crippen LogP contribution in [-0.4, -0.2) is 108 Å². The number of nitrogens with one attached hydrogen (secondary N) is 2. The van der Waals surface area contributed by atoms with E-state index in [1.165, 1.54) is 4.90 Å². The Morgan fingerprint density at radius 1 is 0.910 bits per heavy atom. The number of benzene rings is 2. The SMILES string of the molecule is Cc1ncsc1-c1ccc(CNC(=O)[C@@H]2C[C@@H](O)CN2C(=O)[C@@H](NC(=O)C[C@H]2CC[C@H](c3cnc(N4C5CCC4CN(c4cc(-c6ccccc6O)nnc4N)C5)nc3)CC2)C(C)(C)C)cc1. The average molecular weight is 928 g/mol. The molecule has 6 heterocycles. The number of aliphatic hydroxyl groups excluding tert-OH is 1. The second kappa shape index (κ2) is 19.2. The molecule has 1 aliphatic carbocycles. The maximum atomic E-state index is 14.2. The molecule has 67 heavy (non-hydrogen) atoms. The molecule has 2 unspecified atom stereocenters. The van der Waals surface area contributed by atoms with Crippen molar-refractivity contribution in [3.63, 3.8) is 0 Å². The van der Waals surface area contributed by atoms with Gasteiger partial charge in [-0.15, -0.1) is 21.5 Å². The first kappa shape index (κ1) is 45.9. The summed E-state index contributed by atoms with van der Waals surface area (Å²) < 4.78 is 0. The van der Waals surface area contributed by atoms with Crippen LogP contribution in [0.15, 0.2) is 72.5 Å². The molecule has 4 fully saturated rings. The Morgan fingerprint density at radius 2 is 1.61 bits per heavy atom. The van der Waals surface area contributed by atoms with Crippen LogP contribution in [0.25, 0.3) is 21.7 Å². The van der Waals surface area contributed by atoms with Crippen LogP contribution in [0.5, 0.6) is 5.75 Å². The van der Waals surface area contributed by atoms with Gasteiger partial charge >= 0.3 is 0 Å². The van der Waals surface area contributed by atoms with Gasteiger partial charge in [-0.1, -0.05) is 57.2 Å². The number of β-amino-alcohol motifs (C(OH)–C–C–N with tert-alkyl or cyclic N) is 1. The lowest BCUT2D eigenvalue weighted by atomic mass is 9.78. The van der Waals surface area contributed by atoms with Gasteiger partial charge in [0.2, 0.25) is 23.7 Å². The molecule has 5 atom stereocenters. The maximum Gasteiger partial charge on any atom is 0.246 e. The van der Waals surface area contributed by atoms with E-state index < -0.39 is 23.6 Å². The lowest BCUT2D eigenvalue weighted by Gasteiger charge is -2.42. The lowest BCUT2D eigenvalue weighted by molar-refractivity contribution is -0.144. The maximum absolute atomic E-state index is 14.2. The predicted molar refractivity (Wildman–Crippen MR) is 258 cm³/mol. The number of carbonyl (C=O) groups is 3. The number of likely N-dealkylation sites (tertiary alicyclic amines) is 1. The van der Waals surface area contributed by atoms with Crippen LogP contribution in [0.4, 0.5) is 17.5 Å². The summed E-state index contributed by atoms with van der Waals surface area (Å²) in [4.78, 5) is 62.8. The number of rotatable bonds is 12. The zero-order chi connectivity index (χ0) is 47.0. The largest absolute Gasteiger partial charge is 0.507 e. The second-order valence-corrected chi connectivity index (χ2v) is 20.8. The third kappa shape index (κ3) is 9.94. The topological polar surface area (TPSA) is 216 Å². The van der Waals surface area contributed by atoms with Crippen molar-refractivity contribution >= 4 is 46.5 Å². The Kier molecular flexibility index (Phi) is 13.2. The van der Waals surface area contributed by atoms with Crippen molar-refractivity contribution in [2.75, 3.05) is 35.2 Å². The van der Waals surface area contributed by atoms with Gasteiger partial charge in [-0.25, -0.2) is 15.0 Å². The minimum Gasteiger partial charge on any atom is -0.507 e. The molecular weight excluding hydrogens is 867 g/mol. The highest BCUT2D eigenvalue weighted by atomic mass is 32.1. The van der Waals surface area contributed by atoms with Crippen LogP contribution < -0.4 is 26.2 Å². The number of hydrogen-bond acceptors (Lipinski definition) is 14. The van der Waals surface area contributed by atoms with E-state index in [2.05, 4.69) is 35.6 Å². The molecule has 0 radical (unpaired) electrons. The van der Waals surface area contributed by atoms with Gasteiger partial charge in [-0.3, -0.25) is 14.4 Å². The number of aryl methyl sites for hydroxylation is 1. The number of hydrogen-bond donors (Lipinski definition) is 5. The van der Waals surface area contributed by atoms with Crippen molar-refractivity contribution in [3.8, 4) is 27.4 Å². The molecular formula is C50H61N11O5S. The van der Waals surface area contributed by atoms with Gasteiger partial charge < -0.3 is 41.3 Å². The number of fused-ring (bicyclic) bond motifs is 2. The van der Waals surface area contributed by atoms with E-state index >= 15 is 0 Å². The van der Waals surface area contributed by atoms with Gasteiger partial charge in [0.25, 0.3) is 0 Å². The molecule has 4 aliphatic rings. The molecule has 6 N–H and O–H groups in total. The number of anilines is 3. The Hall–Kier alpha value is -6.20. The summed E-state index contributed by atoms with van der Waals surface area (Å²) in [5.74, 6) is 0.827. The van der Waals surface area contributed by atoms with Crippen molar-refractivity contribution in [2.45, 2.75) is 122 Å². The summed E-state index contributed by atoms with van der Waals surface area (Å²) in [6, 6.07) is 15.7. The highest BCUT2D eigenvalue weighted by Gasteiger charge is 2.45. The molecule has 3 amide bonds. The van der Waals surface area contributed by atoms with Crippen molar-refractivity contribution in [1.29, 1.82) is 0 Å². The Bertz CT molecular complexity index is 2560. The summed E-state index contributed by atoms with van der Waals surface area (Å²) in [5.41, 5.74) is 13.6. The molecule has 2 bridgehead atoms. The number of aliphatic hydroxyl groups is 1. The van der Waals surface area contributed by atoms with E-state index in [0.717, 1.165) is 90.5 Å². The van der Waals surface area contributed by atoms with Gasteiger partial charge in [-0.05, 0) is 97.6 Å². The summed E-state index contributed by atoms with van der Waals surface area (Å²) in [5, 5.41) is 35.7. The number of piperazine rings is 1. The van der Waals surface area contributed by atoms with E-state index in [0.29, 0.717) is 29.4 Å². The van der Waals surface area contributed by atoms with Crippen LogP contribution in [0.1, 0.15) is 94.9 Å². The highest BCUT2D eigenvalue weighted by molar-refractivity contribution is 7.13. The molecule has 16 nitrogen and oxygen atoms in total. The van der Waals surface area contributed by atoms with Crippen LogP contribution in [0, 0.1) is 18.3 Å². The third-order valence-electron chi connectivity index (χ3n) is 14.2. The van der Waals surface area contributed by atoms with Crippen LogP contribution in [0.3, 0.4) is 0 Å². The van der Waals surface area contributed by atoms with E-state index in [1.807, 2.05) is 88.1 Å². The number of nitrogen functional groups attached to an aromatic ring is 1. The normalized spacial score (nSPS) is 23.3. The number of aromatic nitrogens is 5.